The molecule has 0 amide bonds. The molecule has 1 atom stereocenters. The topological polar surface area (TPSA) is 55.1 Å². The average molecular weight is 234 g/mol. The molecule has 0 aliphatic carbocycles. The number of halogens is 3. The number of carboxylic acids is 1. The van der Waals surface area contributed by atoms with Crippen molar-refractivity contribution >= 4 is 5.97 Å². The fourth-order valence-corrected chi connectivity index (χ4v) is 1.96. The van der Waals surface area contributed by atoms with Crippen molar-refractivity contribution in [3.8, 4) is 0 Å². The number of hydrogen-bond acceptors (Lipinski definition) is 2. The SMILES string of the molecule is O=C(O)C1CCc2c(CC(F)(F)F)ncn21. The fraction of sp³-hybridized carbons (Fsp3) is 0.556. The van der Waals surface area contributed by atoms with Crippen LogP contribution in [0.3, 0.4) is 0 Å². The molecule has 0 saturated carbocycles. The van der Waals surface area contributed by atoms with E-state index in [4.69, 9.17) is 5.11 Å². The van der Waals surface area contributed by atoms with E-state index in [9.17, 15) is 18.0 Å². The molecule has 2 rings (SSSR count). The van der Waals surface area contributed by atoms with Gasteiger partial charge in [0.15, 0.2) is 0 Å². The van der Waals surface area contributed by atoms with Crippen LogP contribution in [-0.2, 0) is 17.6 Å². The van der Waals surface area contributed by atoms with Crippen molar-refractivity contribution in [3.63, 3.8) is 0 Å². The number of alkyl halides is 3. The molecule has 1 aliphatic heterocycles. The number of aliphatic carboxylic acids is 1. The lowest BCUT2D eigenvalue weighted by Crippen LogP contribution is -2.14. The van der Waals surface area contributed by atoms with Gasteiger partial charge in [-0.15, -0.1) is 0 Å². The molecular weight excluding hydrogens is 225 g/mol. The molecule has 16 heavy (non-hydrogen) atoms. The van der Waals surface area contributed by atoms with E-state index >= 15 is 0 Å². The molecule has 7 heteroatoms. The smallest absolute Gasteiger partial charge is 0.394 e. The van der Waals surface area contributed by atoms with Gasteiger partial charge in [0.1, 0.15) is 6.04 Å². The van der Waals surface area contributed by atoms with E-state index in [1.807, 2.05) is 0 Å². The monoisotopic (exact) mass is 234 g/mol. The highest BCUT2D eigenvalue weighted by atomic mass is 19.4. The molecule has 0 spiro atoms. The summed E-state index contributed by atoms with van der Waals surface area (Å²) in [4.78, 5) is 14.4. The summed E-state index contributed by atoms with van der Waals surface area (Å²) in [5.74, 6) is -1.03. The second kappa shape index (κ2) is 3.50. The van der Waals surface area contributed by atoms with E-state index in [0.717, 1.165) is 0 Å². The van der Waals surface area contributed by atoms with E-state index in [2.05, 4.69) is 4.98 Å². The number of fused-ring (bicyclic) bond motifs is 1. The van der Waals surface area contributed by atoms with Crippen LogP contribution in [0.1, 0.15) is 23.9 Å². The Kier molecular flexibility index (Phi) is 2.40. The van der Waals surface area contributed by atoms with Gasteiger partial charge in [-0.05, 0) is 12.8 Å². The van der Waals surface area contributed by atoms with Crippen LogP contribution in [0.25, 0.3) is 0 Å². The minimum Gasteiger partial charge on any atom is -0.480 e. The summed E-state index contributed by atoms with van der Waals surface area (Å²) in [6, 6.07) is -0.774. The molecule has 0 saturated heterocycles. The Morgan fingerprint density at radius 1 is 1.62 bits per heavy atom. The van der Waals surface area contributed by atoms with Gasteiger partial charge in [0.05, 0.1) is 18.4 Å². The Bertz CT molecular complexity index is 425. The first-order valence-electron chi connectivity index (χ1n) is 4.72. The van der Waals surface area contributed by atoms with Crippen molar-refractivity contribution in [3.05, 3.63) is 17.7 Å². The quantitative estimate of drug-likeness (QED) is 0.844. The minimum atomic E-state index is -4.31. The van der Waals surface area contributed by atoms with Gasteiger partial charge in [-0.1, -0.05) is 0 Å². The molecule has 1 aromatic rings. The average Bonchev–Trinajstić information content (AvgIpc) is 2.65. The van der Waals surface area contributed by atoms with E-state index in [1.165, 1.54) is 10.9 Å². The molecule has 0 aromatic carbocycles. The van der Waals surface area contributed by atoms with Crippen LogP contribution >= 0.6 is 0 Å². The number of imidazole rings is 1. The van der Waals surface area contributed by atoms with Gasteiger partial charge >= 0.3 is 12.1 Å². The van der Waals surface area contributed by atoms with Crippen molar-refractivity contribution in [2.45, 2.75) is 31.5 Å². The summed E-state index contributed by atoms with van der Waals surface area (Å²) in [5, 5.41) is 8.83. The number of nitrogens with zero attached hydrogens (tertiary/aromatic N) is 2. The maximum atomic E-state index is 12.2. The third-order valence-electron chi connectivity index (χ3n) is 2.63. The molecule has 2 heterocycles. The molecule has 0 bridgehead atoms. The van der Waals surface area contributed by atoms with Crippen LogP contribution in [0.2, 0.25) is 0 Å². The summed E-state index contributed by atoms with van der Waals surface area (Å²) in [5.41, 5.74) is 0.334. The minimum absolute atomic E-state index is 0.0590. The summed E-state index contributed by atoms with van der Waals surface area (Å²) in [7, 11) is 0. The van der Waals surface area contributed by atoms with Crippen molar-refractivity contribution in [1.82, 2.24) is 9.55 Å². The number of rotatable bonds is 2. The Morgan fingerprint density at radius 3 is 2.88 bits per heavy atom. The molecular formula is C9H9F3N2O2. The number of carboxylic acid groups (broad SMARTS) is 1. The molecule has 0 fully saturated rings. The molecule has 1 N–H and O–H groups in total. The third-order valence-corrected chi connectivity index (χ3v) is 2.63. The van der Waals surface area contributed by atoms with Gasteiger partial charge in [-0.2, -0.15) is 13.2 Å². The second-order valence-corrected chi connectivity index (χ2v) is 3.73. The summed E-state index contributed by atoms with van der Waals surface area (Å²) >= 11 is 0. The van der Waals surface area contributed by atoms with E-state index in [-0.39, 0.29) is 5.69 Å². The van der Waals surface area contributed by atoms with Gasteiger partial charge in [-0.25, -0.2) is 9.78 Å². The highest BCUT2D eigenvalue weighted by Gasteiger charge is 2.35. The van der Waals surface area contributed by atoms with Crippen LogP contribution in [-0.4, -0.2) is 26.8 Å². The largest absolute Gasteiger partial charge is 0.480 e. The number of hydrogen-bond donors (Lipinski definition) is 1. The highest BCUT2D eigenvalue weighted by Crippen LogP contribution is 2.31. The molecule has 1 aromatic heterocycles. The predicted molar refractivity (Wildman–Crippen MR) is 47.0 cm³/mol. The van der Waals surface area contributed by atoms with Crippen LogP contribution in [0, 0.1) is 0 Å². The van der Waals surface area contributed by atoms with Crippen molar-refractivity contribution < 1.29 is 23.1 Å². The van der Waals surface area contributed by atoms with E-state index < -0.39 is 24.6 Å². The van der Waals surface area contributed by atoms with E-state index in [0.29, 0.717) is 18.5 Å². The van der Waals surface area contributed by atoms with Crippen molar-refractivity contribution in [2.75, 3.05) is 0 Å². The van der Waals surface area contributed by atoms with Crippen molar-refractivity contribution in [1.29, 1.82) is 0 Å². The molecule has 1 unspecified atom stereocenters. The lowest BCUT2D eigenvalue weighted by atomic mass is 10.1. The standard InChI is InChI=1S/C9H9F3N2O2/c10-9(11,12)3-5-6-1-2-7(8(15)16)14(6)4-13-5/h4,7H,1-3H2,(H,15,16). The maximum Gasteiger partial charge on any atom is 0.394 e. The van der Waals surface area contributed by atoms with Crippen LogP contribution in [0.15, 0.2) is 6.33 Å². The third kappa shape index (κ3) is 1.89. The zero-order valence-electron chi connectivity index (χ0n) is 8.16. The summed E-state index contributed by atoms with van der Waals surface area (Å²) in [6.07, 6.45) is -3.55. The normalized spacial score (nSPS) is 19.8. The lowest BCUT2D eigenvalue weighted by molar-refractivity contribution is -0.140. The van der Waals surface area contributed by atoms with Crippen LogP contribution < -0.4 is 0 Å². The summed E-state index contributed by atoms with van der Waals surface area (Å²) < 4.78 is 37.9. The highest BCUT2D eigenvalue weighted by molar-refractivity contribution is 5.72. The van der Waals surface area contributed by atoms with E-state index in [1.54, 1.807) is 0 Å². The summed E-state index contributed by atoms with van der Waals surface area (Å²) in [6.45, 7) is 0. The Hall–Kier alpha value is -1.53. The zero-order chi connectivity index (χ0) is 11.9. The molecule has 1 aliphatic rings. The fourth-order valence-electron chi connectivity index (χ4n) is 1.96. The molecule has 0 radical (unpaired) electrons. The Balaban J connectivity index is 2.27. The second-order valence-electron chi connectivity index (χ2n) is 3.73. The van der Waals surface area contributed by atoms with Gasteiger partial charge in [0.25, 0.3) is 0 Å². The number of aromatic nitrogens is 2. The lowest BCUT2D eigenvalue weighted by Gasteiger charge is -2.06. The first kappa shape index (κ1) is 11.0. The Morgan fingerprint density at radius 2 is 2.31 bits per heavy atom. The first-order chi connectivity index (χ1) is 7.38. The molecule has 4 nitrogen and oxygen atoms in total. The van der Waals surface area contributed by atoms with Crippen LogP contribution in [0.4, 0.5) is 13.2 Å². The predicted octanol–water partition coefficient (Wildman–Crippen LogP) is 1.56. The maximum absolute atomic E-state index is 12.2. The molecule has 88 valence electrons. The van der Waals surface area contributed by atoms with Crippen LogP contribution in [0.5, 0.6) is 0 Å². The van der Waals surface area contributed by atoms with Gasteiger partial charge in [0, 0.05) is 5.69 Å². The Labute approximate surface area is 88.7 Å². The zero-order valence-corrected chi connectivity index (χ0v) is 8.16. The van der Waals surface area contributed by atoms with Gasteiger partial charge in [0.2, 0.25) is 0 Å². The van der Waals surface area contributed by atoms with Crippen molar-refractivity contribution in [2.24, 2.45) is 0 Å². The van der Waals surface area contributed by atoms with Gasteiger partial charge < -0.3 is 9.67 Å². The first-order valence-corrected chi connectivity index (χ1v) is 4.72. The van der Waals surface area contributed by atoms with Gasteiger partial charge in [-0.3, -0.25) is 0 Å². The number of carbonyl (C=O) groups is 1.